The van der Waals surface area contributed by atoms with E-state index in [-0.39, 0.29) is 17.9 Å². The number of rotatable bonds is 2. The first-order valence-corrected chi connectivity index (χ1v) is 6.46. The summed E-state index contributed by atoms with van der Waals surface area (Å²) in [6.45, 7) is 3.28. The second kappa shape index (κ2) is 3.36. The Morgan fingerprint density at radius 3 is 2.62 bits per heavy atom. The topological polar surface area (TPSA) is 77.8 Å². The minimum Gasteiger partial charge on any atom is -0.480 e. The first-order chi connectivity index (χ1) is 7.25. The molecule has 90 valence electrons. The number of β-lactam (4-membered cyclic amide) rings is 1. The van der Waals surface area contributed by atoms with Crippen molar-refractivity contribution in [3.8, 4) is 0 Å². The van der Waals surface area contributed by atoms with Gasteiger partial charge in [0.15, 0.2) is 4.32 Å². The van der Waals surface area contributed by atoms with Gasteiger partial charge in [-0.15, -0.1) is 11.8 Å². The van der Waals surface area contributed by atoms with Gasteiger partial charge in [-0.1, -0.05) is 15.9 Å². The highest BCUT2D eigenvalue weighted by Crippen LogP contribution is 2.57. The molecular weight excluding hydrogens is 298 g/mol. The van der Waals surface area contributed by atoms with Crippen LogP contribution in [0, 0.1) is 0 Å². The van der Waals surface area contributed by atoms with Crippen LogP contribution in [0.2, 0.25) is 0 Å². The lowest BCUT2D eigenvalue weighted by Crippen LogP contribution is -2.72. The normalized spacial score (nSPS) is 40.5. The number of aliphatic carboxylic acids is 1. The molecule has 2 aliphatic heterocycles. The van der Waals surface area contributed by atoms with Crippen LogP contribution in [0.1, 0.15) is 13.8 Å². The summed E-state index contributed by atoms with van der Waals surface area (Å²) < 4.78 is -1.55. The number of aliphatic hydroxyl groups excluding tert-OH is 1. The lowest BCUT2D eigenvalue weighted by Gasteiger charge is -2.48. The fraction of sp³-hybridized carbons (Fsp3) is 0.778. The monoisotopic (exact) mass is 309 g/mol. The lowest BCUT2D eigenvalue weighted by atomic mass is 9.92. The molecule has 1 amide bonds. The summed E-state index contributed by atoms with van der Waals surface area (Å²) >= 11 is 4.62. The minimum atomic E-state index is -1.00. The maximum atomic E-state index is 11.8. The van der Waals surface area contributed by atoms with Crippen molar-refractivity contribution in [1.29, 1.82) is 0 Å². The number of carboxylic acid groups (broad SMARTS) is 1. The van der Waals surface area contributed by atoms with Crippen molar-refractivity contribution < 1.29 is 19.8 Å². The van der Waals surface area contributed by atoms with Crippen molar-refractivity contribution >= 4 is 39.6 Å². The maximum Gasteiger partial charge on any atom is 0.327 e. The molecule has 0 saturated carbocycles. The van der Waals surface area contributed by atoms with Crippen LogP contribution in [0.5, 0.6) is 0 Å². The van der Waals surface area contributed by atoms with E-state index >= 15 is 0 Å². The molecule has 0 aliphatic carbocycles. The van der Waals surface area contributed by atoms with E-state index in [0.717, 1.165) is 0 Å². The Kier molecular flexibility index (Phi) is 2.56. The zero-order valence-corrected chi connectivity index (χ0v) is 11.2. The Morgan fingerprint density at radius 1 is 1.62 bits per heavy atom. The predicted octanol–water partition coefficient (Wildman–Crippen LogP) is 0.259. The number of halogens is 1. The van der Waals surface area contributed by atoms with E-state index in [0.29, 0.717) is 0 Å². The van der Waals surface area contributed by atoms with Crippen molar-refractivity contribution in [3.05, 3.63) is 0 Å². The average molecular weight is 310 g/mol. The third-order valence-electron chi connectivity index (χ3n) is 3.05. The van der Waals surface area contributed by atoms with Gasteiger partial charge in [0.25, 0.3) is 0 Å². The van der Waals surface area contributed by atoms with Crippen LogP contribution in [0.4, 0.5) is 0 Å². The molecule has 0 spiro atoms. The number of hydrogen-bond acceptors (Lipinski definition) is 4. The molecular formula is C9H12BrNO4S. The molecule has 5 nitrogen and oxygen atoms in total. The number of aliphatic hydroxyl groups is 1. The zero-order valence-electron chi connectivity index (χ0n) is 8.81. The van der Waals surface area contributed by atoms with Gasteiger partial charge in [-0.3, -0.25) is 4.79 Å². The molecule has 3 atom stereocenters. The van der Waals surface area contributed by atoms with Gasteiger partial charge in [0.05, 0.1) is 6.61 Å². The molecule has 0 radical (unpaired) electrons. The molecule has 2 rings (SSSR count). The largest absolute Gasteiger partial charge is 0.480 e. The molecule has 0 bridgehead atoms. The van der Waals surface area contributed by atoms with Crippen LogP contribution in [0.15, 0.2) is 0 Å². The van der Waals surface area contributed by atoms with Gasteiger partial charge < -0.3 is 15.1 Å². The summed E-state index contributed by atoms with van der Waals surface area (Å²) in [5.41, 5.74) is 0. The Labute approximate surface area is 105 Å². The smallest absolute Gasteiger partial charge is 0.327 e. The highest BCUT2D eigenvalue weighted by atomic mass is 79.9. The molecule has 7 heteroatoms. The average Bonchev–Trinajstić information content (AvgIpc) is 2.46. The van der Waals surface area contributed by atoms with Gasteiger partial charge in [-0.2, -0.15) is 0 Å². The van der Waals surface area contributed by atoms with Crippen molar-refractivity contribution in [3.63, 3.8) is 0 Å². The highest BCUT2D eigenvalue weighted by Gasteiger charge is 2.70. The van der Waals surface area contributed by atoms with E-state index in [9.17, 15) is 14.7 Å². The first-order valence-electron chi connectivity index (χ1n) is 4.79. The van der Waals surface area contributed by atoms with Gasteiger partial charge in [-0.05, 0) is 13.8 Å². The number of carboxylic acids is 1. The number of hydrogen-bond donors (Lipinski definition) is 2. The van der Waals surface area contributed by atoms with Crippen LogP contribution >= 0.6 is 27.7 Å². The van der Waals surface area contributed by atoms with E-state index in [2.05, 4.69) is 15.9 Å². The van der Waals surface area contributed by atoms with Crippen molar-refractivity contribution in [1.82, 2.24) is 4.90 Å². The molecule has 16 heavy (non-hydrogen) atoms. The Bertz CT molecular complexity index is 375. The van der Waals surface area contributed by atoms with Crippen molar-refractivity contribution in [2.24, 2.45) is 0 Å². The van der Waals surface area contributed by atoms with Crippen LogP contribution in [-0.4, -0.2) is 54.1 Å². The SMILES string of the molecule is CC1(C)S[C@H]2N(C(=O)C2(Br)CO)[C@H]1C(=O)O. The number of nitrogens with zero attached hydrogens (tertiary/aromatic N) is 1. The molecule has 0 aromatic rings. The molecule has 1 unspecified atom stereocenters. The fourth-order valence-corrected chi connectivity index (χ4v) is 4.55. The number of carbonyl (C=O) groups is 2. The molecule has 2 N–H and O–H groups in total. The Hall–Kier alpha value is -0.270. The number of alkyl halides is 1. The van der Waals surface area contributed by atoms with Gasteiger partial charge in [0.2, 0.25) is 5.91 Å². The standard InChI is InChI=1S/C9H12BrNO4S/c1-8(2)4(5(13)14)11-6(15)9(10,3-12)7(11)16-8/h4,7,12H,3H2,1-2H3,(H,13,14)/t4-,7+,9?/m0/s1. The predicted molar refractivity (Wildman–Crippen MR) is 62.5 cm³/mol. The van der Waals surface area contributed by atoms with E-state index in [4.69, 9.17) is 5.11 Å². The van der Waals surface area contributed by atoms with Crippen LogP contribution in [0.3, 0.4) is 0 Å². The summed E-state index contributed by atoms with van der Waals surface area (Å²) in [7, 11) is 0. The minimum absolute atomic E-state index is 0.305. The molecule has 0 aromatic heterocycles. The van der Waals surface area contributed by atoms with Crippen LogP contribution < -0.4 is 0 Å². The quantitative estimate of drug-likeness (QED) is 0.565. The number of thioether (sulfide) groups is 1. The van der Waals surface area contributed by atoms with Gasteiger partial charge in [-0.25, -0.2) is 4.79 Å². The second-order valence-corrected chi connectivity index (χ2v) is 7.70. The number of amides is 1. The van der Waals surface area contributed by atoms with E-state index in [1.807, 2.05) is 0 Å². The fourth-order valence-electron chi connectivity index (χ4n) is 2.23. The zero-order chi connectivity index (χ0) is 12.3. The molecule has 0 aromatic carbocycles. The van der Waals surface area contributed by atoms with Crippen molar-refractivity contribution in [2.45, 2.75) is 34.3 Å². The molecule has 2 fully saturated rings. The molecule has 2 saturated heterocycles. The number of fused-ring (bicyclic) bond motifs is 1. The van der Waals surface area contributed by atoms with Gasteiger partial charge in [0, 0.05) is 4.75 Å². The van der Waals surface area contributed by atoms with E-state index in [1.54, 1.807) is 13.8 Å². The summed E-state index contributed by atoms with van der Waals surface area (Å²) in [6, 6.07) is -0.827. The van der Waals surface area contributed by atoms with Gasteiger partial charge >= 0.3 is 5.97 Å². The summed E-state index contributed by atoms with van der Waals surface area (Å²) in [5.74, 6) is -1.34. The van der Waals surface area contributed by atoms with Crippen LogP contribution in [-0.2, 0) is 9.59 Å². The lowest BCUT2D eigenvalue weighted by molar-refractivity contribution is -0.161. The first kappa shape index (κ1) is 12.2. The van der Waals surface area contributed by atoms with Gasteiger partial charge in [0.1, 0.15) is 11.4 Å². The molecule has 2 heterocycles. The van der Waals surface area contributed by atoms with Crippen molar-refractivity contribution in [2.75, 3.05) is 6.61 Å². The second-order valence-electron chi connectivity index (χ2n) is 4.55. The third kappa shape index (κ3) is 1.28. The van der Waals surface area contributed by atoms with E-state index < -0.39 is 21.1 Å². The summed E-state index contributed by atoms with van der Waals surface area (Å²) in [4.78, 5) is 24.4. The Morgan fingerprint density at radius 2 is 2.19 bits per heavy atom. The molecule has 2 aliphatic rings. The maximum absolute atomic E-state index is 11.8. The van der Waals surface area contributed by atoms with Crippen LogP contribution in [0.25, 0.3) is 0 Å². The summed E-state index contributed by atoms with van der Waals surface area (Å²) in [5, 5.41) is 18.0. The number of carbonyl (C=O) groups excluding carboxylic acids is 1. The highest BCUT2D eigenvalue weighted by molar-refractivity contribution is 9.10. The summed E-state index contributed by atoms with van der Waals surface area (Å²) in [6.07, 6.45) is 0. The third-order valence-corrected chi connectivity index (χ3v) is 6.06. The van der Waals surface area contributed by atoms with E-state index in [1.165, 1.54) is 16.7 Å². The Balaban J connectivity index is 2.35.